The third-order valence-electron chi connectivity index (χ3n) is 2.26. The Bertz CT molecular complexity index is 413. The second-order valence-electron chi connectivity index (χ2n) is 3.57. The van der Waals surface area contributed by atoms with E-state index in [9.17, 15) is 4.79 Å². The van der Waals surface area contributed by atoms with Crippen LogP contribution in [0.1, 0.15) is 18.1 Å². The number of carbonyl (C=O) groups is 1. The molecule has 0 aliphatic heterocycles. The molecule has 0 saturated carbocycles. The molecule has 0 aromatic heterocycles. The van der Waals surface area contributed by atoms with Gasteiger partial charge < -0.3 is 15.2 Å². The van der Waals surface area contributed by atoms with E-state index in [1.807, 2.05) is 30.4 Å². The van der Waals surface area contributed by atoms with Gasteiger partial charge >= 0.3 is 0 Å². The molecule has 0 saturated heterocycles. The van der Waals surface area contributed by atoms with E-state index in [4.69, 9.17) is 9.84 Å². The number of hydrogen-bond donors (Lipinski definition) is 2. The molecule has 4 nitrogen and oxygen atoms in total. The van der Waals surface area contributed by atoms with Gasteiger partial charge in [-0.25, -0.2) is 0 Å². The van der Waals surface area contributed by atoms with Gasteiger partial charge in [-0.15, -0.1) is 0 Å². The van der Waals surface area contributed by atoms with Gasteiger partial charge in [0.15, 0.2) is 0 Å². The van der Waals surface area contributed by atoms with Crippen LogP contribution in [0.4, 0.5) is 0 Å². The van der Waals surface area contributed by atoms with E-state index in [0.29, 0.717) is 12.3 Å². The minimum absolute atomic E-state index is 0.0426. The Balaban J connectivity index is 2.68. The van der Waals surface area contributed by atoms with Crippen LogP contribution < -0.4 is 10.1 Å². The van der Waals surface area contributed by atoms with Crippen LogP contribution in [0.5, 0.6) is 5.75 Å². The first-order valence-corrected chi connectivity index (χ1v) is 5.36. The SMILES string of the molecule is COc1cc(C=CCNC(C)=O)ccc1CO. The van der Waals surface area contributed by atoms with Crippen molar-refractivity contribution in [3.8, 4) is 5.75 Å². The first-order valence-electron chi connectivity index (χ1n) is 5.36. The fourth-order valence-electron chi connectivity index (χ4n) is 1.39. The summed E-state index contributed by atoms with van der Waals surface area (Å²) in [5.41, 5.74) is 1.72. The highest BCUT2D eigenvalue weighted by atomic mass is 16.5. The molecule has 0 aliphatic carbocycles. The zero-order chi connectivity index (χ0) is 12.7. The van der Waals surface area contributed by atoms with Crippen molar-refractivity contribution >= 4 is 12.0 Å². The molecule has 2 N–H and O–H groups in total. The van der Waals surface area contributed by atoms with Crippen molar-refractivity contribution in [3.05, 3.63) is 35.4 Å². The zero-order valence-corrected chi connectivity index (χ0v) is 10.1. The summed E-state index contributed by atoms with van der Waals surface area (Å²) < 4.78 is 5.16. The molecule has 0 bridgehead atoms. The lowest BCUT2D eigenvalue weighted by atomic mass is 10.1. The second-order valence-corrected chi connectivity index (χ2v) is 3.57. The summed E-state index contributed by atoms with van der Waals surface area (Å²) in [6.45, 7) is 1.94. The van der Waals surface area contributed by atoms with Crippen LogP contribution in [0, 0.1) is 0 Å². The Morgan fingerprint density at radius 3 is 2.88 bits per heavy atom. The molecule has 0 spiro atoms. The molecule has 0 unspecified atom stereocenters. The summed E-state index contributed by atoms with van der Waals surface area (Å²) in [5.74, 6) is 0.608. The van der Waals surface area contributed by atoms with E-state index in [-0.39, 0.29) is 12.5 Å². The monoisotopic (exact) mass is 235 g/mol. The highest BCUT2D eigenvalue weighted by Crippen LogP contribution is 2.20. The molecule has 0 heterocycles. The minimum atomic E-state index is -0.0529. The van der Waals surface area contributed by atoms with Gasteiger partial charge in [-0.3, -0.25) is 4.79 Å². The lowest BCUT2D eigenvalue weighted by molar-refractivity contribution is -0.118. The maximum absolute atomic E-state index is 10.6. The lowest BCUT2D eigenvalue weighted by Gasteiger charge is -2.06. The number of aliphatic hydroxyl groups excluding tert-OH is 1. The normalized spacial score (nSPS) is 10.5. The summed E-state index contributed by atoms with van der Waals surface area (Å²) >= 11 is 0. The van der Waals surface area contributed by atoms with E-state index < -0.39 is 0 Å². The summed E-state index contributed by atoms with van der Waals surface area (Å²) in [4.78, 5) is 10.6. The second kappa shape index (κ2) is 6.70. The van der Waals surface area contributed by atoms with Crippen LogP contribution in [0.2, 0.25) is 0 Å². The molecule has 0 aliphatic rings. The Kier molecular flexibility index (Phi) is 5.23. The first kappa shape index (κ1) is 13.3. The number of benzene rings is 1. The highest BCUT2D eigenvalue weighted by Gasteiger charge is 2.01. The van der Waals surface area contributed by atoms with Crippen molar-refractivity contribution in [1.29, 1.82) is 0 Å². The van der Waals surface area contributed by atoms with Crippen molar-refractivity contribution in [3.63, 3.8) is 0 Å². The molecule has 1 aromatic carbocycles. The number of methoxy groups -OCH3 is 1. The zero-order valence-electron chi connectivity index (χ0n) is 10.1. The smallest absolute Gasteiger partial charge is 0.217 e. The molecule has 0 radical (unpaired) electrons. The van der Waals surface area contributed by atoms with E-state index in [0.717, 1.165) is 11.1 Å². The molecular formula is C13H17NO3. The number of carbonyl (C=O) groups excluding carboxylic acids is 1. The van der Waals surface area contributed by atoms with Crippen LogP contribution in [-0.2, 0) is 11.4 Å². The fraction of sp³-hybridized carbons (Fsp3) is 0.308. The van der Waals surface area contributed by atoms with E-state index in [2.05, 4.69) is 5.32 Å². The largest absolute Gasteiger partial charge is 0.496 e. The average molecular weight is 235 g/mol. The molecule has 0 atom stereocenters. The predicted octanol–water partition coefficient (Wildman–Crippen LogP) is 1.34. The van der Waals surface area contributed by atoms with E-state index in [1.54, 1.807) is 7.11 Å². The Hall–Kier alpha value is -1.81. The predicted molar refractivity (Wildman–Crippen MR) is 66.6 cm³/mol. The van der Waals surface area contributed by atoms with E-state index >= 15 is 0 Å². The van der Waals surface area contributed by atoms with Crippen LogP contribution in [0.15, 0.2) is 24.3 Å². The third kappa shape index (κ3) is 4.28. The number of aliphatic hydroxyl groups is 1. The third-order valence-corrected chi connectivity index (χ3v) is 2.26. The van der Waals surface area contributed by atoms with Crippen molar-refractivity contribution in [2.75, 3.05) is 13.7 Å². The number of rotatable bonds is 5. The van der Waals surface area contributed by atoms with Crippen molar-refractivity contribution in [2.24, 2.45) is 0 Å². The van der Waals surface area contributed by atoms with Crippen molar-refractivity contribution < 1.29 is 14.6 Å². The van der Waals surface area contributed by atoms with Gasteiger partial charge in [0.1, 0.15) is 5.75 Å². The van der Waals surface area contributed by atoms with Gasteiger partial charge in [0.2, 0.25) is 5.91 Å². The number of nitrogens with one attached hydrogen (secondary N) is 1. The molecule has 17 heavy (non-hydrogen) atoms. The average Bonchev–Trinajstić information content (AvgIpc) is 2.34. The topological polar surface area (TPSA) is 58.6 Å². The first-order chi connectivity index (χ1) is 8.17. The molecule has 1 amide bonds. The Labute approximate surface area is 101 Å². The Morgan fingerprint density at radius 2 is 2.29 bits per heavy atom. The maximum Gasteiger partial charge on any atom is 0.217 e. The van der Waals surface area contributed by atoms with Gasteiger partial charge in [-0.1, -0.05) is 24.3 Å². The number of amides is 1. The summed E-state index contributed by atoms with van der Waals surface area (Å²) in [6, 6.07) is 5.55. The molecular weight excluding hydrogens is 218 g/mol. The molecule has 4 heteroatoms. The van der Waals surface area contributed by atoms with Crippen LogP contribution in [0.25, 0.3) is 6.08 Å². The highest BCUT2D eigenvalue weighted by molar-refractivity contribution is 5.73. The summed E-state index contributed by atoms with van der Waals surface area (Å²) in [5, 5.41) is 11.7. The molecule has 1 rings (SSSR count). The molecule has 92 valence electrons. The van der Waals surface area contributed by atoms with Crippen molar-refractivity contribution in [1.82, 2.24) is 5.32 Å². The fourth-order valence-corrected chi connectivity index (χ4v) is 1.39. The quantitative estimate of drug-likeness (QED) is 0.809. The maximum atomic E-state index is 10.6. The van der Waals surface area contributed by atoms with Crippen LogP contribution in [0.3, 0.4) is 0 Å². The molecule has 0 fully saturated rings. The lowest BCUT2D eigenvalue weighted by Crippen LogP contribution is -2.19. The number of ether oxygens (including phenoxy) is 1. The van der Waals surface area contributed by atoms with Gasteiger partial charge in [-0.05, 0) is 11.6 Å². The van der Waals surface area contributed by atoms with Gasteiger partial charge in [0.25, 0.3) is 0 Å². The minimum Gasteiger partial charge on any atom is -0.496 e. The summed E-state index contributed by atoms with van der Waals surface area (Å²) in [7, 11) is 1.57. The Morgan fingerprint density at radius 1 is 1.53 bits per heavy atom. The van der Waals surface area contributed by atoms with Crippen LogP contribution >= 0.6 is 0 Å². The standard InChI is InChI=1S/C13H17NO3/c1-10(16)14-7-3-4-11-5-6-12(9-15)13(8-11)17-2/h3-6,8,15H,7,9H2,1-2H3,(H,14,16). The van der Waals surface area contributed by atoms with Gasteiger partial charge in [-0.2, -0.15) is 0 Å². The van der Waals surface area contributed by atoms with E-state index in [1.165, 1.54) is 6.92 Å². The van der Waals surface area contributed by atoms with Crippen molar-refractivity contribution in [2.45, 2.75) is 13.5 Å². The van der Waals surface area contributed by atoms with Gasteiger partial charge in [0, 0.05) is 19.0 Å². The summed E-state index contributed by atoms with van der Waals surface area (Å²) in [6.07, 6.45) is 3.74. The number of hydrogen-bond acceptors (Lipinski definition) is 3. The van der Waals surface area contributed by atoms with Gasteiger partial charge in [0.05, 0.1) is 13.7 Å². The van der Waals surface area contributed by atoms with Crippen LogP contribution in [-0.4, -0.2) is 24.7 Å². The molecule has 1 aromatic rings.